The Balaban J connectivity index is 1.10. The van der Waals surface area contributed by atoms with Crippen molar-refractivity contribution >= 4 is 5.97 Å². The molecule has 56 heavy (non-hydrogen) atoms. The molecule has 7 aliphatic rings. The van der Waals surface area contributed by atoms with Crippen LogP contribution in [0.2, 0.25) is 0 Å². The van der Waals surface area contributed by atoms with Crippen LogP contribution in [0.4, 0.5) is 0 Å². The Kier molecular flexibility index (Phi) is 12.1. The Bertz CT molecular complexity index is 1430. The molecular weight excluding hydrogens is 744 g/mol. The molecule has 7 fully saturated rings. The van der Waals surface area contributed by atoms with Crippen molar-refractivity contribution in [1.82, 2.24) is 0 Å². The minimum Gasteiger partial charge on any atom is -0.432 e. The van der Waals surface area contributed by atoms with E-state index in [4.69, 9.17) is 28.4 Å². The third-order valence-electron chi connectivity index (χ3n) is 14.8. The number of rotatable bonds is 9. The summed E-state index contributed by atoms with van der Waals surface area (Å²) in [5.74, 6) is -0.183. The van der Waals surface area contributed by atoms with Gasteiger partial charge in [-0.15, -0.1) is 0 Å². The van der Waals surface area contributed by atoms with Gasteiger partial charge in [-0.2, -0.15) is 0 Å². The van der Waals surface area contributed by atoms with E-state index in [2.05, 4.69) is 13.5 Å². The van der Waals surface area contributed by atoms with Crippen molar-refractivity contribution in [3.63, 3.8) is 0 Å². The predicted octanol–water partition coefficient (Wildman–Crippen LogP) is -3.08. The van der Waals surface area contributed by atoms with Gasteiger partial charge in [-0.1, -0.05) is 13.5 Å². The summed E-state index contributed by atoms with van der Waals surface area (Å²) in [6.07, 6.45) is -18.6. The number of aliphatic hydroxyl groups excluding tert-OH is 11. The molecule has 3 aliphatic heterocycles. The topological polar surface area (TPSA) is 295 Å². The summed E-state index contributed by atoms with van der Waals surface area (Å²) in [7, 11) is 0. The van der Waals surface area contributed by atoms with Crippen molar-refractivity contribution in [3.8, 4) is 0 Å². The first-order valence-corrected chi connectivity index (χ1v) is 19.9. The van der Waals surface area contributed by atoms with E-state index in [-0.39, 0.29) is 29.1 Å². The molecule has 0 aromatic rings. The van der Waals surface area contributed by atoms with Gasteiger partial charge in [0.2, 0.25) is 6.29 Å². The Morgan fingerprint density at radius 2 is 1.23 bits per heavy atom. The number of aliphatic hydroxyl groups is 11. The van der Waals surface area contributed by atoms with E-state index in [1.807, 2.05) is 6.92 Å². The van der Waals surface area contributed by atoms with Crippen LogP contribution in [0, 0.1) is 34.5 Å². The second-order valence-corrected chi connectivity index (χ2v) is 17.8. The average Bonchev–Trinajstić information content (AvgIpc) is 3.38. The first-order chi connectivity index (χ1) is 26.5. The van der Waals surface area contributed by atoms with Gasteiger partial charge < -0.3 is 84.6 Å². The largest absolute Gasteiger partial charge is 0.432 e. The summed E-state index contributed by atoms with van der Waals surface area (Å²) < 4.78 is 35.6. The number of carbonyl (C=O) groups excluding carboxylic acids is 1. The van der Waals surface area contributed by atoms with E-state index in [9.17, 15) is 61.0 Å². The highest BCUT2D eigenvalue weighted by atomic mass is 16.8. The minimum absolute atomic E-state index is 0.0951. The molecule has 7 rings (SSSR count). The van der Waals surface area contributed by atoms with Crippen LogP contribution in [0.5, 0.6) is 0 Å². The van der Waals surface area contributed by atoms with Crippen molar-refractivity contribution in [3.05, 3.63) is 12.2 Å². The number of hydrogen-bond donors (Lipinski definition) is 11. The first kappa shape index (κ1) is 42.7. The van der Waals surface area contributed by atoms with Crippen LogP contribution in [0.25, 0.3) is 0 Å². The molecule has 22 atom stereocenters. The Morgan fingerprint density at radius 1 is 0.696 bits per heavy atom. The van der Waals surface area contributed by atoms with Crippen LogP contribution in [0.1, 0.15) is 65.2 Å². The monoisotopic (exact) mass is 804 g/mol. The highest BCUT2D eigenvalue weighted by Gasteiger charge is 2.67. The number of hydrogen-bond acceptors (Lipinski definition) is 18. The summed E-state index contributed by atoms with van der Waals surface area (Å²) in [5, 5.41) is 114. The average molecular weight is 805 g/mol. The summed E-state index contributed by atoms with van der Waals surface area (Å²) in [6, 6.07) is 0. The molecule has 1 spiro atoms. The molecule has 16 unspecified atom stereocenters. The van der Waals surface area contributed by atoms with Gasteiger partial charge in [-0.3, -0.25) is 4.79 Å². The molecular formula is C38H60O18. The third-order valence-corrected chi connectivity index (χ3v) is 14.8. The molecule has 3 saturated heterocycles. The van der Waals surface area contributed by atoms with Gasteiger partial charge in [-0.05, 0) is 93.0 Å². The molecule has 3 heterocycles. The van der Waals surface area contributed by atoms with Crippen LogP contribution in [0.3, 0.4) is 0 Å². The SMILES string of the molecule is C=C1C[C@@]23CC[C@H]4C([C@@H](C)CC[C@@]4(C)C(=O)OC4OC(CO)C(O)C(O)C4O)[C@@H]2CC[C@]1(OC1OC(CO)C(O)C(O)C1OC1OC(CO)C(O)C(O)C1O)C3. The van der Waals surface area contributed by atoms with Crippen LogP contribution in [-0.4, -0.2) is 180 Å². The number of esters is 1. The van der Waals surface area contributed by atoms with Gasteiger partial charge >= 0.3 is 5.97 Å². The molecule has 0 amide bonds. The molecule has 4 saturated carbocycles. The van der Waals surface area contributed by atoms with E-state index >= 15 is 0 Å². The fraction of sp³-hybridized carbons (Fsp3) is 0.921. The van der Waals surface area contributed by atoms with Crippen molar-refractivity contribution in [2.45, 2.75) is 163 Å². The highest BCUT2D eigenvalue weighted by molar-refractivity contribution is 5.77. The van der Waals surface area contributed by atoms with Crippen LogP contribution in [-0.2, 0) is 33.2 Å². The van der Waals surface area contributed by atoms with E-state index in [0.717, 1.165) is 18.4 Å². The molecule has 11 N–H and O–H groups in total. The summed E-state index contributed by atoms with van der Waals surface area (Å²) in [6.45, 7) is 6.50. The lowest BCUT2D eigenvalue weighted by atomic mass is 9.45. The fourth-order valence-corrected chi connectivity index (χ4v) is 11.6. The molecule has 320 valence electrons. The normalized spacial score (nSPS) is 54.6. The van der Waals surface area contributed by atoms with Gasteiger partial charge in [0.25, 0.3) is 0 Å². The van der Waals surface area contributed by atoms with Gasteiger partial charge in [0.1, 0.15) is 73.2 Å². The van der Waals surface area contributed by atoms with Crippen LogP contribution >= 0.6 is 0 Å². The van der Waals surface area contributed by atoms with Crippen LogP contribution in [0.15, 0.2) is 12.2 Å². The van der Waals surface area contributed by atoms with Crippen molar-refractivity contribution in [2.75, 3.05) is 19.8 Å². The maximum Gasteiger partial charge on any atom is 0.314 e. The summed E-state index contributed by atoms with van der Waals surface area (Å²) in [5.41, 5.74) is -1.42. The maximum atomic E-state index is 14.1. The Hall–Kier alpha value is -1.43. The van der Waals surface area contributed by atoms with Crippen molar-refractivity contribution < 1.29 is 89.4 Å². The lowest BCUT2D eigenvalue weighted by molar-refractivity contribution is -0.378. The van der Waals surface area contributed by atoms with Crippen molar-refractivity contribution in [1.29, 1.82) is 0 Å². The van der Waals surface area contributed by atoms with E-state index in [1.165, 1.54) is 0 Å². The lowest BCUT2D eigenvalue weighted by Crippen LogP contribution is -2.65. The molecule has 4 aliphatic carbocycles. The number of ether oxygens (including phenoxy) is 6. The zero-order chi connectivity index (χ0) is 40.6. The smallest absolute Gasteiger partial charge is 0.314 e. The number of carbonyl (C=O) groups is 1. The first-order valence-electron chi connectivity index (χ1n) is 19.9. The Labute approximate surface area is 324 Å². The molecule has 0 radical (unpaired) electrons. The van der Waals surface area contributed by atoms with Gasteiger partial charge in [0, 0.05) is 0 Å². The quantitative estimate of drug-likeness (QED) is 0.0626. The zero-order valence-electron chi connectivity index (χ0n) is 31.7. The summed E-state index contributed by atoms with van der Waals surface area (Å²) >= 11 is 0. The molecule has 18 nitrogen and oxygen atoms in total. The van der Waals surface area contributed by atoms with Gasteiger partial charge in [0.15, 0.2) is 12.6 Å². The van der Waals surface area contributed by atoms with Gasteiger partial charge in [-0.25, -0.2) is 0 Å². The molecule has 0 aromatic heterocycles. The second kappa shape index (κ2) is 15.9. The lowest BCUT2D eigenvalue weighted by Gasteiger charge is -2.60. The van der Waals surface area contributed by atoms with Crippen molar-refractivity contribution in [2.24, 2.45) is 34.5 Å². The van der Waals surface area contributed by atoms with E-state index in [1.54, 1.807) is 0 Å². The predicted molar refractivity (Wildman–Crippen MR) is 186 cm³/mol. The standard InChI is InChI=1S/C38H60O18/c1-15-4-7-36(3,35(50)55-33-30(49)27(46)24(43)20(12-40)52-33)17-5-8-37-10-16(2)38(14-37,9-6-18(37)22(15)17)56-34-31(28(47)25(44)21(13-41)53-34)54-32-29(48)26(45)23(42)19(11-39)51-32/h15,17-34,39-49H,2,4-14H2,1,3H3/t15-,17-,18-,19?,20?,21?,22?,23?,24?,25?,26?,27?,28?,29?,30?,31?,32?,33?,34?,36+,37+,38-/m0/s1. The summed E-state index contributed by atoms with van der Waals surface area (Å²) in [4.78, 5) is 14.1. The zero-order valence-corrected chi connectivity index (χ0v) is 31.7. The Morgan fingerprint density at radius 3 is 1.84 bits per heavy atom. The maximum absolute atomic E-state index is 14.1. The molecule has 0 aromatic carbocycles. The second-order valence-electron chi connectivity index (χ2n) is 17.8. The molecule has 18 heteroatoms. The fourth-order valence-electron chi connectivity index (χ4n) is 11.6. The van der Waals surface area contributed by atoms with Gasteiger partial charge in [0.05, 0.1) is 30.8 Å². The van der Waals surface area contributed by atoms with Crippen LogP contribution < -0.4 is 0 Å². The number of fused-ring (bicyclic) bond motifs is 3. The highest BCUT2D eigenvalue weighted by Crippen LogP contribution is 2.70. The molecule has 2 bridgehead atoms. The van der Waals surface area contributed by atoms with E-state index < -0.39 is 129 Å². The minimum atomic E-state index is -1.81. The third kappa shape index (κ3) is 6.88. The van der Waals surface area contributed by atoms with E-state index in [0.29, 0.717) is 38.5 Å².